The summed E-state index contributed by atoms with van der Waals surface area (Å²) in [5, 5.41) is -2.36. The zero-order chi connectivity index (χ0) is 13.0. The first-order valence-corrected chi connectivity index (χ1v) is 5.40. The second-order valence-electron chi connectivity index (χ2n) is 3.52. The molecule has 3 nitrogen and oxygen atoms in total. The quantitative estimate of drug-likeness (QED) is 0.499. The molecule has 2 saturated heterocycles. The number of thioether (sulfide) groups is 1. The van der Waals surface area contributed by atoms with Crippen LogP contribution in [0, 0.1) is 0 Å². The second kappa shape index (κ2) is 3.67. The summed E-state index contributed by atoms with van der Waals surface area (Å²) in [6.45, 7) is 0. The van der Waals surface area contributed by atoms with Crippen molar-refractivity contribution < 1.29 is 35.9 Å². The van der Waals surface area contributed by atoms with Crippen molar-refractivity contribution in [2.75, 3.05) is 5.75 Å². The maximum absolute atomic E-state index is 12.5. The van der Waals surface area contributed by atoms with Gasteiger partial charge in [0.2, 0.25) is 0 Å². The van der Waals surface area contributed by atoms with Crippen molar-refractivity contribution in [3.05, 3.63) is 0 Å². The van der Waals surface area contributed by atoms with Crippen molar-refractivity contribution in [2.24, 2.45) is 0 Å². The Morgan fingerprint density at radius 2 is 1.76 bits per heavy atom. The van der Waals surface area contributed by atoms with Crippen LogP contribution >= 0.6 is 11.8 Å². The average Bonchev–Trinajstić information content (AvgIpc) is 2.63. The molecule has 0 amide bonds. The number of esters is 1. The molecule has 2 aliphatic rings. The predicted octanol–water partition coefficient (Wildman–Crippen LogP) is 1.74. The lowest BCUT2D eigenvalue weighted by atomic mass is 10.3. The number of cyclic esters (lactones) is 1. The lowest BCUT2D eigenvalue weighted by Gasteiger charge is -2.28. The van der Waals surface area contributed by atoms with Crippen LogP contribution in [0.4, 0.5) is 26.3 Å². The monoisotopic (exact) mass is 281 g/mol. The Morgan fingerprint density at radius 1 is 1.18 bits per heavy atom. The number of nitrogens with zero attached hydrogens (tertiary/aromatic N) is 1. The zero-order valence-corrected chi connectivity index (χ0v) is 8.70. The SMILES string of the molecule is O=C1OC(C(F)(F)F)N2C1CSC2C(F)(F)F. The molecule has 2 heterocycles. The molecule has 0 radical (unpaired) electrons. The number of carbonyl (C=O) groups excluding carboxylic acids is 1. The third-order valence-electron chi connectivity index (χ3n) is 2.37. The molecular formula is C7H5F6NO2S. The molecule has 0 spiro atoms. The van der Waals surface area contributed by atoms with Gasteiger partial charge in [-0.1, -0.05) is 0 Å². The van der Waals surface area contributed by atoms with E-state index in [0.29, 0.717) is 0 Å². The molecule has 17 heavy (non-hydrogen) atoms. The highest BCUT2D eigenvalue weighted by Crippen LogP contribution is 2.47. The molecule has 0 aromatic carbocycles. The highest BCUT2D eigenvalue weighted by atomic mass is 32.2. The van der Waals surface area contributed by atoms with Crippen molar-refractivity contribution >= 4 is 17.7 Å². The fraction of sp³-hybridized carbons (Fsp3) is 0.857. The molecule has 98 valence electrons. The van der Waals surface area contributed by atoms with Crippen molar-refractivity contribution in [3.63, 3.8) is 0 Å². The number of carbonyl (C=O) groups is 1. The molecule has 2 rings (SSSR count). The van der Waals surface area contributed by atoms with Crippen molar-refractivity contribution in [1.82, 2.24) is 4.90 Å². The third kappa shape index (κ3) is 2.07. The minimum Gasteiger partial charge on any atom is -0.435 e. The van der Waals surface area contributed by atoms with E-state index < -0.39 is 36.0 Å². The summed E-state index contributed by atoms with van der Waals surface area (Å²) in [5.41, 5.74) is 0. The molecule has 0 saturated carbocycles. The van der Waals surface area contributed by atoms with Crippen molar-refractivity contribution in [3.8, 4) is 0 Å². The van der Waals surface area contributed by atoms with Gasteiger partial charge >= 0.3 is 18.3 Å². The molecule has 0 aliphatic carbocycles. The Kier molecular flexibility index (Phi) is 2.77. The molecule has 3 atom stereocenters. The molecule has 3 unspecified atom stereocenters. The number of fused-ring (bicyclic) bond motifs is 1. The summed E-state index contributed by atoms with van der Waals surface area (Å²) in [5.74, 6) is -1.61. The first-order chi connectivity index (χ1) is 7.62. The first kappa shape index (κ1) is 12.8. The predicted molar refractivity (Wildman–Crippen MR) is 43.9 cm³/mol. The Balaban J connectivity index is 2.31. The maximum atomic E-state index is 12.5. The van der Waals surface area contributed by atoms with Crippen LogP contribution in [-0.4, -0.2) is 46.6 Å². The van der Waals surface area contributed by atoms with E-state index in [9.17, 15) is 31.1 Å². The molecule has 2 fully saturated rings. The van der Waals surface area contributed by atoms with Gasteiger partial charge in [-0.05, 0) is 0 Å². The highest BCUT2D eigenvalue weighted by Gasteiger charge is 2.65. The Morgan fingerprint density at radius 3 is 2.24 bits per heavy atom. The van der Waals surface area contributed by atoms with Gasteiger partial charge < -0.3 is 4.74 Å². The van der Waals surface area contributed by atoms with Crippen LogP contribution < -0.4 is 0 Å². The first-order valence-electron chi connectivity index (χ1n) is 4.35. The van der Waals surface area contributed by atoms with Gasteiger partial charge in [0, 0.05) is 5.75 Å². The van der Waals surface area contributed by atoms with Gasteiger partial charge in [-0.3, -0.25) is 4.79 Å². The Bertz CT molecular complexity index is 342. The largest absolute Gasteiger partial charge is 0.440 e. The van der Waals surface area contributed by atoms with Crippen LogP contribution in [0.25, 0.3) is 0 Å². The lowest BCUT2D eigenvalue weighted by molar-refractivity contribution is -0.256. The van der Waals surface area contributed by atoms with Crippen LogP contribution in [0.1, 0.15) is 0 Å². The van der Waals surface area contributed by atoms with Crippen LogP contribution in [-0.2, 0) is 9.53 Å². The van der Waals surface area contributed by atoms with Gasteiger partial charge in [-0.15, -0.1) is 11.8 Å². The van der Waals surface area contributed by atoms with Crippen molar-refractivity contribution in [1.29, 1.82) is 0 Å². The Hall–Kier alpha value is -0.640. The van der Waals surface area contributed by atoms with E-state index in [1.165, 1.54) is 0 Å². The summed E-state index contributed by atoms with van der Waals surface area (Å²) in [6, 6.07) is -1.47. The van der Waals surface area contributed by atoms with Gasteiger partial charge in [-0.25, -0.2) is 4.90 Å². The summed E-state index contributed by atoms with van der Waals surface area (Å²) in [7, 11) is 0. The topological polar surface area (TPSA) is 29.5 Å². The van der Waals surface area contributed by atoms with Crippen LogP contribution in [0.3, 0.4) is 0 Å². The molecule has 0 bridgehead atoms. The number of hydrogen-bond donors (Lipinski definition) is 0. The smallest absolute Gasteiger partial charge is 0.435 e. The summed E-state index contributed by atoms with van der Waals surface area (Å²) in [6.07, 6.45) is -12.7. The summed E-state index contributed by atoms with van der Waals surface area (Å²) in [4.78, 5) is 11.1. The van der Waals surface area contributed by atoms with Crippen LogP contribution in [0.15, 0.2) is 0 Å². The fourth-order valence-electron chi connectivity index (χ4n) is 1.74. The van der Waals surface area contributed by atoms with E-state index in [-0.39, 0.29) is 22.4 Å². The maximum Gasteiger partial charge on any atom is 0.440 e. The molecule has 10 heteroatoms. The summed E-state index contributed by atoms with van der Waals surface area (Å²) < 4.78 is 78.8. The van der Waals surface area contributed by atoms with Gasteiger partial charge in [0.05, 0.1) is 0 Å². The van der Waals surface area contributed by atoms with Crippen molar-refractivity contribution in [2.45, 2.75) is 30.0 Å². The fourth-order valence-corrected chi connectivity index (χ4v) is 3.03. The average molecular weight is 281 g/mol. The van der Waals surface area contributed by atoms with E-state index in [1.807, 2.05) is 0 Å². The van der Waals surface area contributed by atoms with Crippen LogP contribution in [0.5, 0.6) is 0 Å². The second-order valence-corrected chi connectivity index (χ2v) is 4.63. The van der Waals surface area contributed by atoms with Crippen LogP contribution in [0.2, 0.25) is 0 Å². The Labute approximate surface area is 95.1 Å². The van der Waals surface area contributed by atoms with Gasteiger partial charge in [0.15, 0.2) is 5.37 Å². The van der Waals surface area contributed by atoms with E-state index in [1.54, 1.807) is 0 Å². The number of rotatable bonds is 0. The molecule has 0 aromatic rings. The minimum atomic E-state index is -5.03. The van der Waals surface area contributed by atoms with Gasteiger partial charge in [-0.2, -0.15) is 26.3 Å². The number of ether oxygens (including phenoxy) is 1. The molecule has 0 aromatic heterocycles. The minimum absolute atomic E-state index is 0.0486. The molecular weight excluding hydrogens is 276 g/mol. The van der Waals surface area contributed by atoms with E-state index in [4.69, 9.17) is 0 Å². The zero-order valence-electron chi connectivity index (χ0n) is 7.88. The summed E-state index contributed by atoms with van der Waals surface area (Å²) >= 11 is 0.265. The third-order valence-corrected chi connectivity index (χ3v) is 3.71. The molecule has 0 N–H and O–H groups in total. The van der Waals surface area contributed by atoms with E-state index >= 15 is 0 Å². The van der Waals surface area contributed by atoms with E-state index in [2.05, 4.69) is 4.74 Å². The number of halogens is 6. The normalized spacial score (nSPS) is 34.9. The lowest BCUT2D eigenvalue weighted by Crippen LogP contribution is -2.51. The number of hydrogen-bond acceptors (Lipinski definition) is 4. The highest BCUT2D eigenvalue weighted by molar-refractivity contribution is 8.00. The number of alkyl halides is 6. The van der Waals surface area contributed by atoms with E-state index in [0.717, 1.165) is 0 Å². The molecule has 2 aliphatic heterocycles. The van der Waals surface area contributed by atoms with Gasteiger partial charge in [0.25, 0.3) is 6.23 Å². The standard InChI is InChI=1S/C7H5F6NO2S/c8-6(9,10)4-14-2(3(15)16-4)1-17-5(14)7(11,12)13/h2,4-5H,1H2. The van der Waals surface area contributed by atoms with Gasteiger partial charge in [0.1, 0.15) is 6.04 Å².